The number of carboxylic acids is 2. The topological polar surface area (TPSA) is 152 Å². The first-order valence-electron chi connectivity index (χ1n) is 1.89. The van der Waals surface area contributed by atoms with E-state index in [4.69, 9.17) is 39.0 Å². The van der Waals surface area contributed by atoms with Gasteiger partial charge in [-0.15, -0.1) is 0 Å². The lowest BCUT2D eigenvalue weighted by atomic mass is 10.7. The summed E-state index contributed by atoms with van der Waals surface area (Å²) in [5.74, 6) is -3.65. The second-order valence-electron chi connectivity index (χ2n) is 1.12. The molecule has 0 aliphatic carbocycles. The van der Waals surface area contributed by atoms with Crippen LogP contribution >= 0.6 is 7.82 Å². The predicted molar refractivity (Wildman–Crippen MR) is 39.5 cm³/mol. The number of hydrogen-bond donors (Lipinski definition) is 5. The highest BCUT2D eigenvalue weighted by molar-refractivity contribution is 7.45. The van der Waals surface area contributed by atoms with Gasteiger partial charge in [-0.1, -0.05) is 0 Å². The third-order valence-electron chi connectivity index (χ3n) is 0.183. The van der Waals surface area contributed by atoms with Gasteiger partial charge in [0.05, 0.1) is 0 Å². The van der Waals surface area contributed by atoms with E-state index in [1.165, 1.54) is 0 Å². The number of phosphoric acid groups is 1. The minimum absolute atomic E-state index is 0. The average Bonchev–Trinajstić information content (AvgIpc) is 1.59. The molecule has 0 aromatic carbocycles. The van der Waals surface area contributed by atoms with E-state index < -0.39 is 19.8 Å². The van der Waals surface area contributed by atoms with Crippen molar-refractivity contribution in [1.29, 1.82) is 0 Å². The van der Waals surface area contributed by atoms with Gasteiger partial charge in [0.15, 0.2) is 17.4 Å². The third-order valence-corrected chi connectivity index (χ3v) is 0.183. The van der Waals surface area contributed by atoms with Crippen LogP contribution in [0.25, 0.3) is 0 Å². The molecule has 0 saturated heterocycles. The Labute approximate surface area is 76.8 Å². The number of hydrogen-bond acceptors (Lipinski definition) is 3. The van der Waals surface area contributed by atoms with Gasteiger partial charge in [0, 0.05) is 0 Å². The monoisotopic (exact) mass is 218 g/mol. The van der Waals surface area contributed by atoms with Crippen molar-refractivity contribution < 1.29 is 39.0 Å². The van der Waals surface area contributed by atoms with E-state index >= 15 is 0 Å². The summed E-state index contributed by atoms with van der Waals surface area (Å²) in [6.45, 7) is 0. The van der Waals surface area contributed by atoms with E-state index in [9.17, 15) is 0 Å². The molecule has 5 N–H and O–H groups in total. The van der Waals surface area contributed by atoms with Crippen LogP contribution in [0.5, 0.6) is 0 Å². The fourth-order valence-electron chi connectivity index (χ4n) is 0. The maximum absolute atomic E-state index is 9.10. The summed E-state index contributed by atoms with van der Waals surface area (Å²) in [6.07, 6.45) is 0. The van der Waals surface area contributed by atoms with E-state index in [0.717, 1.165) is 0 Å². The van der Waals surface area contributed by atoms with Crippen LogP contribution in [0, 0.1) is 0 Å². The van der Waals surface area contributed by atoms with Crippen LogP contribution in [0.15, 0.2) is 0 Å². The minimum Gasteiger partial charge on any atom is -0.473 e. The normalized spacial score (nSPS) is 8.58. The molecule has 0 aliphatic rings. The highest BCUT2D eigenvalue weighted by Crippen LogP contribution is 2.25. The van der Waals surface area contributed by atoms with Crippen molar-refractivity contribution in [3.8, 4) is 0 Å². The molecule has 0 fully saturated rings. The van der Waals surface area contributed by atoms with Crippen molar-refractivity contribution in [1.82, 2.24) is 0 Å². The SMILES string of the molecule is O=C(O)C(=O)O.O=P(O)(O)O.[AlH3]. The summed E-state index contributed by atoms with van der Waals surface area (Å²) in [6, 6.07) is 0. The van der Waals surface area contributed by atoms with E-state index in [1.807, 2.05) is 0 Å². The van der Waals surface area contributed by atoms with Gasteiger partial charge in [-0.3, -0.25) is 0 Å². The van der Waals surface area contributed by atoms with Crippen LogP contribution in [0.3, 0.4) is 0 Å². The predicted octanol–water partition coefficient (Wildman–Crippen LogP) is -2.96. The van der Waals surface area contributed by atoms with Crippen LogP contribution in [-0.2, 0) is 14.2 Å². The van der Waals surface area contributed by atoms with Crippen molar-refractivity contribution in [2.75, 3.05) is 0 Å². The lowest BCUT2D eigenvalue weighted by Gasteiger charge is -1.82. The first kappa shape index (κ1) is 17.6. The zero-order valence-electron chi connectivity index (χ0n) is 4.91. The molecule has 0 heterocycles. The highest BCUT2D eigenvalue weighted by atomic mass is 31.2. The summed E-state index contributed by atoms with van der Waals surface area (Å²) in [5.41, 5.74) is 0. The first-order chi connectivity index (χ1) is 4.64. The fourth-order valence-corrected chi connectivity index (χ4v) is 0. The molecule has 0 rings (SSSR count). The zero-order chi connectivity index (χ0) is 9.65. The summed E-state index contributed by atoms with van der Waals surface area (Å²) in [5, 5.41) is 14.8. The van der Waals surface area contributed by atoms with E-state index in [2.05, 4.69) is 0 Å². The largest absolute Gasteiger partial charge is 0.473 e. The Hall–Kier alpha value is -0.418. The van der Waals surface area contributed by atoms with Crippen molar-refractivity contribution in [3.63, 3.8) is 0 Å². The fraction of sp³-hybridized carbons (Fsp3) is 0. The number of rotatable bonds is 0. The molecule has 8 nitrogen and oxygen atoms in total. The van der Waals surface area contributed by atoms with E-state index in [1.54, 1.807) is 0 Å². The van der Waals surface area contributed by atoms with Crippen LogP contribution in [0.1, 0.15) is 0 Å². The Morgan fingerprint density at radius 2 is 1.00 bits per heavy atom. The minimum atomic E-state index is -4.64. The molecule has 0 bridgehead atoms. The lowest BCUT2D eigenvalue weighted by Crippen LogP contribution is -2.09. The maximum Gasteiger partial charge on any atom is 0.466 e. The van der Waals surface area contributed by atoms with Crippen LogP contribution < -0.4 is 0 Å². The van der Waals surface area contributed by atoms with Gasteiger partial charge in [-0.05, 0) is 0 Å². The summed E-state index contributed by atoms with van der Waals surface area (Å²) < 4.78 is 8.88. The Morgan fingerprint density at radius 1 is 0.917 bits per heavy atom. The van der Waals surface area contributed by atoms with Crippen molar-refractivity contribution >= 4 is 37.1 Å². The van der Waals surface area contributed by atoms with Gasteiger partial charge < -0.3 is 24.9 Å². The molecule has 0 amide bonds. The molecule has 0 unspecified atom stereocenters. The molecule has 0 spiro atoms. The Morgan fingerprint density at radius 3 is 1.00 bits per heavy atom. The molecule has 10 heteroatoms. The Kier molecular flexibility index (Phi) is 10.6. The quantitative estimate of drug-likeness (QED) is 0.164. The van der Waals surface area contributed by atoms with Gasteiger partial charge >= 0.3 is 19.8 Å². The zero-order valence-corrected chi connectivity index (χ0v) is 5.80. The van der Waals surface area contributed by atoms with Gasteiger partial charge in [0.25, 0.3) is 0 Å². The van der Waals surface area contributed by atoms with Crippen LogP contribution in [0.4, 0.5) is 0 Å². The molecule has 12 heavy (non-hydrogen) atoms. The van der Waals surface area contributed by atoms with Crippen molar-refractivity contribution in [3.05, 3.63) is 0 Å². The van der Waals surface area contributed by atoms with Gasteiger partial charge in [0.2, 0.25) is 0 Å². The molecule has 0 radical (unpaired) electrons. The number of carbonyl (C=O) groups is 2. The average molecular weight is 218 g/mol. The second kappa shape index (κ2) is 7.24. The van der Waals surface area contributed by atoms with Gasteiger partial charge in [0.1, 0.15) is 0 Å². The first-order valence-corrected chi connectivity index (χ1v) is 3.45. The molecule has 0 atom stereocenters. The van der Waals surface area contributed by atoms with Crippen LogP contribution in [0.2, 0.25) is 0 Å². The molecular weight excluding hydrogens is 210 g/mol. The summed E-state index contributed by atoms with van der Waals surface area (Å²) in [7, 11) is -4.64. The molecule has 0 aliphatic heterocycles. The molecule has 0 aromatic rings. The van der Waals surface area contributed by atoms with Crippen LogP contribution in [-0.4, -0.2) is 54.2 Å². The molecule has 0 saturated carbocycles. The Balaban J connectivity index is -0.000000126. The number of aliphatic carboxylic acids is 2. The second-order valence-corrected chi connectivity index (χ2v) is 2.15. The van der Waals surface area contributed by atoms with E-state index in [0.29, 0.717) is 0 Å². The summed E-state index contributed by atoms with van der Waals surface area (Å²) >= 11 is 0. The highest BCUT2D eigenvalue weighted by Gasteiger charge is 2.04. The Bertz CT molecular complexity index is 173. The van der Waals surface area contributed by atoms with Crippen molar-refractivity contribution in [2.24, 2.45) is 0 Å². The van der Waals surface area contributed by atoms with Crippen molar-refractivity contribution in [2.45, 2.75) is 0 Å². The molecular formula is C2H8AlO8P. The van der Waals surface area contributed by atoms with E-state index in [-0.39, 0.29) is 17.4 Å². The lowest BCUT2D eigenvalue weighted by molar-refractivity contribution is -0.159. The van der Waals surface area contributed by atoms with Gasteiger partial charge in [-0.2, -0.15) is 0 Å². The standard InChI is InChI=1S/C2H2O4.Al.H3O4P.3H/c3-1(4)2(5)6;;1-5(2,3)4;;;/h(H,3,4)(H,5,6);;(H3,1,2,3,4);;;. The molecule has 72 valence electrons. The number of carboxylic acid groups (broad SMARTS) is 2. The third kappa shape index (κ3) is 55.0. The maximum atomic E-state index is 9.10. The van der Waals surface area contributed by atoms with Gasteiger partial charge in [-0.25, -0.2) is 14.2 Å². The molecule has 0 aromatic heterocycles. The smallest absolute Gasteiger partial charge is 0.466 e. The summed E-state index contributed by atoms with van der Waals surface area (Å²) in [4.78, 5) is 39.8.